The Morgan fingerprint density at radius 3 is 2.36 bits per heavy atom. The Labute approximate surface area is 136 Å². The van der Waals surface area contributed by atoms with Gasteiger partial charge in [-0.3, -0.25) is 4.79 Å². The van der Waals surface area contributed by atoms with Gasteiger partial charge >= 0.3 is 0 Å². The second-order valence-electron chi connectivity index (χ2n) is 8.02. The van der Waals surface area contributed by atoms with Crippen LogP contribution in [-0.2, 0) is 18.7 Å². The second-order valence-corrected chi connectivity index (χ2v) is 12.8. The molecule has 0 amide bonds. The highest BCUT2D eigenvalue weighted by atomic mass is 28.4. The van der Waals surface area contributed by atoms with Crippen molar-refractivity contribution < 1.29 is 18.7 Å². The first-order valence-corrected chi connectivity index (χ1v) is 10.9. The van der Waals surface area contributed by atoms with Gasteiger partial charge in [0, 0.05) is 0 Å². The Kier molecular flexibility index (Phi) is 6.18. The summed E-state index contributed by atoms with van der Waals surface area (Å²) in [5.74, 6) is -0.616. The summed E-state index contributed by atoms with van der Waals surface area (Å²) < 4.78 is 18.5. The monoisotopic (exact) mass is 328 g/mol. The van der Waals surface area contributed by atoms with Crippen LogP contribution in [0.4, 0.5) is 0 Å². The molecule has 128 valence electrons. The van der Waals surface area contributed by atoms with Crippen molar-refractivity contribution in [2.75, 3.05) is 0 Å². The normalized spacial score (nSPS) is 27.3. The number of carbonyl (C=O) groups is 1. The topological polar surface area (TPSA) is 44.8 Å². The van der Waals surface area contributed by atoms with Crippen LogP contribution in [0.1, 0.15) is 48.0 Å². The van der Waals surface area contributed by atoms with E-state index < -0.39 is 14.1 Å². The minimum Gasteiger partial charge on any atom is -0.411 e. The molecule has 1 saturated heterocycles. The average molecular weight is 329 g/mol. The van der Waals surface area contributed by atoms with Crippen molar-refractivity contribution in [2.24, 2.45) is 0 Å². The Balaban J connectivity index is 2.82. The van der Waals surface area contributed by atoms with Gasteiger partial charge in [-0.25, -0.2) is 0 Å². The highest BCUT2D eigenvalue weighted by Crippen LogP contribution is 2.40. The van der Waals surface area contributed by atoms with Crippen molar-refractivity contribution >= 4 is 14.6 Å². The molecule has 0 bridgehead atoms. The van der Waals surface area contributed by atoms with Gasteiger partial charge in [-0.2, -0.15) is 0 Å². The zero-order chi connectivity index (χ0) is 17.2. The predicted octanol–water partition coefficient (Wildman–Crippen LogP) is 4.06. The van der Waals surface area contributed by atoms with Crippen molar-refractivity contribution in [3.8, 4) is 0 Å². The molecule has 0 radical (unpaired) electrons. The molecule has 0 aliphatic carbocycles. The largest absolute Gasteiger partial charge is 0.411 e. The molecule has 0 unspecified atom stereocenters. The quantitative estimate of drug-likeness (QED) is 0.419. The first-order valence-electron chi connectivity index (χ1n) is 8.03. The highest BCUT2D eigenvalue weighted by Gasteiger charge is 2.46. The maximum absolute atomic E-state index is 10.4. The number of hydrogen-bond donors (Lipinski definition) is 0. The lowest BCUT2D eigenvalue weighted by Crippen LogP contribution is -2.48. The number of ether oxygens (including phenoxy) is 2. The minimum atomic E-state index is -1.86. The van der Waals surface area contributed by atoms with Crippen molar-refractivity contribution in [1.82, 2.24) is 0 Å². The van der Waals surface area contributed by atoms with E-state index in [1.807, 2.05) is 19.9 Å². The highest BCUT2D eigenvalue weighted by molar-refractivity contribution is 6.74. The maximum atomic E-state index is 10.4. The van der Waals surface area contributed by atoms with Gasteiger partial charge in [0.25, 0.3) is 0 Å². The van der Waals surface area contributed by atoms with Crippen molar-refractivity contribution in [2.45, 2.75) is 90.2 Å². The van der Waals surface area contributed by atoms with E-state index in [4.69, 9.17) is 13.9 Å². The Morgan fingerprint density at radius 2 is 1.86 bits per heavy atom. The van der Waals surface area contributed by atoms with Crippen molar-refractivity contribution in [1.29, 1.82) is 0 Å². The third-order valence-corrected chi connectivity index (χ3v) is 9.13. The Hall–Kier alpha value is -0.493. The van der Waals surface area contributed by atoms with Gasteiger partial charge in [-0.15, -0.1) is 0 Å². The van der Waals surface area contributed by atoms with Crippen LogP contribution in [0.15, 0.2) is 12.2 Å². The predicted molar refractivity (Wildman–Crippen MR) is 91.4 cm³/mol. The lowest BCUT2D eigenvalue weighted by atomic mass is 10.1. The molecule has 0 aromatic carbocycles. The van der Waals surface area contributed by atoms with Crippen LogP contribution in [0.2, 0.25) is 18.1 Å². The number of aldehydes is 1. The van der Waals surface area contributed by atoms with Gasteiger partial charge < -0.3 is 13.9 Å². The molecule has 0 spiro atoms. The molecule has 1 heterocycles. The summed E-state index contributed by atoms with van der Waals surface area (Å²) in [7, 11) is -1.86. The molecule has 0 saturated carbocycles. The van der Waals surface area contributed by atoms with Gasteiger partial charge in [0.1, 0.15) is 12.4 Å². The molecule has 1 fully saturated rings. The fourth-order valence-electron chi connectivity index (χ4n) is 2.42. The standard InChI is InChI=1S/C17H32O4Si/c1-13(21-22(7,8)16(2,3)4)15-14(11-9-10-12-18)19-17(5,6)20-15/h9-10,12-15H,11H2,1-8H3/b10-9+/t13-,14-,15-/m1/s1. The zero-order valence-corrected chi connectivity index (χ0v) is 16.3. The van der Waals surface area contributed by atoms with E-state index in [0.29, 0.717) is 6.42 Å². The number of rotatable bonds is 6. The lowest BCUT2D eigenvalue weighted by Gasteiger charge is -2.40. The average Bonchev–Trinajstić information content (AvgIpc) is 2.63. The van der Waals surface area contributed by atoms with E-state index in [9.17, 15) is 4.79 Å². The lowest BCUT2D eigenvalue weighted by molar-refractivity contribution is -0.153. The molecule has 4 nitrogen and oxygen atoms in total. The maximum Gasteiger partial charge on any atom is 0.192 e. The molecule has 0 N–H and O–H groups in total. The molecule has 1 aliphatic rings. The minimum absolute atomic E-state index is 0.0442. The molecule has 0 aromatic heterocycles. The first-order chi connectivity index (χ1) is 9.89. The van der Waals surface area contributed by atoms with Crippen LogP contribution in [0, 0.1) is 0 Å². The van der Waals surface area contributed by atoms with E-state index in [1.54, 1.807) is 0 Å². The summed E-state index contributed by atoms with van der Waals surface area (Å²) in [5, 5.41) is 0.156. The summed E-state index contributed by atoms with van der Waals surface area (Å²) in [6.45, 7) is 17.1. The van der Waals surface area contributed by atoms with Crippen molar-refractivity contribution in [3.05, 3.63) is 12.2 Å². The van der Waals surface area contributed by atoms with E-state index in [2.05, 4.69) is 40.8 Å². The Morgan fingerprint density at radius 1 is 1.27 bits per heavy atom. The van der Waals surface area contributed by atoms with Crippen LogP contribution in [0.5, 0.6) is 0 Å². The van der Waals surface area contributed by atoms with Gasteiger partial charge in [-0.1, -0.05) is 26.8 Å². The molecular formula is C17H32O4Si. The molecule has 1 aliphatic heterocycles. The van der Waals surface area contributed by atoms with Crippen molar-refractivity contribution in [3.63, 3.8) is 0 Å². The summed E-state index contributed by atoms with van der Waals surface area (Å²) in [6.07, 6.45) is 4.51. The van der Waals surface area contributed by atoms with Gasteiger partial charge in [-0.05, 0) is 51.4 Å². The molecule has 0 aromatic rings. The third-order valence-electron chi connectivity index (χ3n) is 4.55. The second kappa shape index (κ2) is 6.95. The van der Waals surface area contributed by atoms with E-state index >= 15 is 0 Å². The zero-order valence-electron chi connectivity index (χ0n) is 15.3. The number of allylic oxidation sites excluding steroid dienone is 1. The molecule has 22 heavy (non-hydrogen) atoms. The number of carbonyl (C=O) groups excluding carboxylic acids is 1. The van der Waals surface area contributed by atoms with Gasteiger partial charge in [0.2, 0.25) is 0 Å². The smallest absolute Gasteiger partial charge is 0.192 e. The fourth-order valence-corrected chi connectivity index (χ4v) is 3.84. The summed E-state index contributed by atoms with van der Waals surface area (Å²) >= 11 is 0. The fraction of sp³-hybridized carbons (Fsp3) is 0.824. The van der Waals surface area contributed by atoms with Gasteiger partial charge in [0.15, 0.2) is 14.1 Å². The molecule has 5 heteroatoms. The third kappa shape index (κ3) is 5.01. The SMILES string of the molecule is C[C@@H](O[Si](C)(C)C(C)(C)C)[C@H]1OC(C)(C)O[C@@H]1C/C=C/C=O. The molecular weight excluding hydrogens is 296 g/mol. The van der Waals surface area contributed by atoms with Crippen LogP contribution in [0.25, 0.3) is 0 Å². The van der Waals surface area contributed by atoms with E-state index in [1.165, 1.54) is 6.08 Å². The summed E-state index contributed by atoms with van der Waals surface area (Å²) in [4.78, 5) is 10.4. The van der Waals surface area contributed by atoms with E-state index in [-0.39, 0.29) is 23.4 Å². The molecule has 3 atom stereocenters. The molecule has 1 rings (SSSR count). The van der Waals surface area contributed by atoms with Crippen LogP contribution in [-0.4, -0.2) is 38.7 Å². The van der Waals surface area contributed by atoms with Gasteiger partial charge in [0.05, 0.1) is 12.2 Å². The summed E-state index contributed by atoms with van der Waals surface area (Å²) in [6, 6.07) is 0. The Bertz CT molecular complexity index is 409. The van der Waals surface area contributed by atoms with Crippen LogP contribution < -0.4 is 0 Å². The van der Waals surface area contributed by atoms with E-state index in [0.717, 1.165) is 6.29 Å². The van der Waals surface area contributed by atoms with Crippen LogP contribution >= 0.6 is 0 Å². The first kappa shape index (κ1) is 19.6. The summed E-state index contributed by atoms with van der Waals surface area (Å²) in [5.41, 5.74) is 0. The number of hydrogen-bond acceptors (Lipinski definition) is 4. The van der Waals surface area contributed by atoms with Crippen LogP contribution in [0.3, 0.4) is 0 Å².